The zero-order valence-corrected chi connectivity index (χ0v) is 26.0. The van der Waals surface area contributed by atoms with E-state index in [1.807, 2.05) is 19.9 Å². The van der Waals surface area contributed by atoms with Crippen LogP contribution in [-0.4, -0.2) is 48.9 Å². The summed E-state index contributed by atoms with van der Waals surface area (Å²) < 4.78 is 0. The van der Waals surface area contributed by atoms with E-state index in [0.29, 0.717) is 72.7 Å². The summed E-state index contributed by atoms with van der Waals surface area (Å²) >= 11 is 0. The summed E-state index contributed by atoms with van der Waals surface area (Å²) in [4.78, 5) is 42.4. The van der Waals surface area contributed by atoms with Crippen molar-refractivity contribution in [2.45, 2.75) is 46.1 Å². The van der Waals surface area contributed by atoms with E-state index in [1.54, 1.807) is 30.4 Å². The molecule has 4 N–H and O–H groups in total. The predicted octanol–water partition coefficient (Wildman–Crippen LogP) is 4.61. The SMILES string of the molecule is C=CC1=C(C)c2cc3nc(cc4[n-]c(cc5[n-]c(cc1n2)c(CO)c5CCC(=O)O)c(CCC(=O)O)c4C)C(CO)=C3C=C.[Fe+2]. The molecule has 0 saturated heterocycles. The third kappa shape index (κ3) is 6.34. The molecule has 0 aliphatic carbocycles. The third-order valence-electron chi connectivity index (χ3n) is 8.06. The maximum Gasteiger partial charge on any atom is 2.00 e. The van der Waals surface area contributed by atoms with Crippen LogP contribution in [0.1, 0.15) is 64.8 Å². The Hall–Kier alpha value is -4.54. The molecule has 3 aromatic heterocycles. The first-order valence-electron chi connectivity index (χ1n) is 14.1. The topological polar surface area (TPSA) is 169 Å². The molecule has 2 aliphatic rings. The molecule has 45 heavy (non-hydrogen) atoms. The Kier molecular flexibility index (Phi) is 10.1. The molecule has 5 rings (SSSR count). The molecule has 0 fully saturated rings. The molecule has 0 atom stereocenters. The Balaban J connectivity index is 0.00000461. The van der Waals surface area contributed by atoms with Gasteiger partial charge < -0.3 is 30.4 Å². The van der Waals surface area contributed by atoms with Gasteiger partial charge in [0.05, 0.1) is 36.0 Å². The summed E-state index contributed by atoms with van der Waals surface area (Å²) in [5, 5.41) is 39.7. The zero-order valence-electron chi connectivity index (χ0n) is 24.9. The molecule has 0 unspecified atom stereocenters. The van der Waals surface area contributed by atoms with Crippen LogP contribution in [0.3, 0.4) is 0 Å². The number of carbonyl (C=O) groups is 2. The maximum atomic E-state index is 11.5. The van der Waals surface area contributed by atoms with Gasteiger partial charge >= 0.3 is 29.0 Å². The number of hydrogen-bond acceptors (Lipinski definition) is 6. The van der Waals surface area contributed by atoms with Crippen LogP contribution in [0.25, 0.3) is 44.4 Å². The Labute approximate surface area is 270 Å². The van der Waals surface area contributed by atoms with Crippen molar-refractivity contribution >= 4 is 56.3 Å². The number of carboxylic acids is 2. The molecular weight excluding hydrogens is 616 g/mol. The van der Waals surface area contributed by atoms with Crippen LogP contribution in [-0.2, 0) is 46.1 Å². The Bertz CT molecular complexity index is 1960. The van der Waals surface area contributed by atoms with Crippen molar-refractivity contribution in [2.75, 3.05) is 6.61 Å². The van der Waals surface area contributed by atoms with Gasteiger partial charge in [0.15, 0.2) is 0 Å². The number of aliphatic hydroxyl groups excluding tert-OH is 2. The molecule has 3 aromatic rings. The molecule has 0 spiro atoms. The van der Waals surface area contributed by atoms with Crippen molar-refractivity contribution in [1.29, 1.82) is 0 Å². The van der Waals surface area contributed by atoms with Crippen LogP contribution in [0.5, 0.6) is 0 Å². The normalized spacial score (nSPS) is 12.7. The average molecular weight is 648 g/mol. The van der Waals surface area contributed by atoms with Crippen LogP contribution < -0.4 is 9.97 Å². The van der Waals surface area contributed by atoms with Crippen molar-refractivity contribution < 1.29 is 47.1 Å². The van der Waals surface area contributed by atoms with Gasteiger partial charge in [-0.05, 0) is 43.9 Å². The van der Waals surface area contributed by atoms with Gasteiger partial charge in [-0.3, -0.25) is 9.59 Å². The van der Waals surface area contributed by atoms with Crippen LogP contribution in [0.15, 0.2) is 49.6 Å². The van der Waals surface area contributed by atoms with E-state index in [2.05, 4.69) is 13.2 Å². The fraction of sp³-hybridized carbons (Fsp3) is 0.235. The second-order valence-electron chi connectivity index (χ2n) is 10.6. The first kappa shape index (κ1) is 33.4. The van der Waals surface area contributed by atoms with E-state index in [9.17, 15) is 30.0 Å². The van der Waals surface area contributed by atoms with Gasteiger partial charge in [-0.15, -0.1) is 22.1 Å². The van der Waals surface area contributed by atoms with E-state index in [-0.39, 0.29) is 56.0 Å². The summed E-state index contributed by atoms with van der Waals surface area (Å²) in [6, 6.07) is 7.03. The molecule has 232 valence electrons. The van der Waals surface area contributed by atoms with Crippen molar-refractivity contribution in [3.8, 4) is 0 Å². The van der Waals surface area contributed by atoms with E-state index in [4.69, 9.17) is 19.9 Å². The standard InChI is InChI=1S/C34H34N4O6.Fe/c1-5-19-17(3)25-11-28-20(6-2)23(15-39)31(37-28)12-26-18(4)21(7-9-33(41)42)29(36-26)14-30-22(8-10-34(43)44)24(16-40)32(38-30)13-27(19)35-25;/h5-6,11-14,39-40H,1-2,7-10,15-16H2,3-4H3,(H4,35,36,37,38,41,42,43,44);/q;+2/p-2. The molecule has 11 heteroatoms. The average Bonchev–Trinajstić information content (AvgIpc) is 3.67. The Morgan fingerprint density at radius 1 is 0.711 bits per heavy atom. The number of aliphatic hydroxyl groups is 2. The Morgan fingerprint density at radius 3 is 1.84 bits per heavy atom. The van der Waals surface area contributed by atoms with E-state index in [1.165, 1.54) is 0 Å². The van der Waals surface area contributed by atoms with Crippen molar-refractivity contribution in [3.05, 3.63) is 94.6 Å². The molecular formula is C34H32FeN4O6. The number of allylic oxidation sites excluding steroid dienone is 5. The fourth-order valence-electron chi connectivity index (χ4n) is 5.74. The molecule has 0 amide bonds. The molecule has 2 aliphatic heterocycles. The first-order valence-corrected chi connectivity index (χ1v) is 14.1. The molecule has 10 nitrogen and oxygen atoms in total. The first-order chi connectivity index (χ1) is 21.1. The minimum Gasteiger partial charge on any atom is -0.657 e. The minimum atomic E-state index is -0.992. The molecule has 0 saturated carbocycles. The molecule has 8 bridgehead atoms. The van der Waals surface area contributed by atoms with Gasteiger partial charge in [0, 0.05) is 29.6 Å². The quantitative estimate of drug-likeness (QED) is 0.228. The predicted molar refractivity (Wildman–Crippen MR) is 168 cm³/mol. The molecule has 0 radical (unpaired) electrons. The number of nitrogens with zero attached hydrogens (tertiary/aromatic N) is 4. The fourth-order valence-corrected chi connectivity index (χ4v) is 5.74. The summed E-state index contributed by atoms with van der Waals surface area (Å²) in [5.74, 6) is -1.95. The smallest absolute Gasteiger partial charge is 0.657 e. The zero-order chi connectivity index (χ0) is 31.7. The van der Waals surface area contributed by atoms with E-state index in [0.717, 1.165) is 16.7 Å². The number of hydrogen-bond donors (Lipinski definition) is 4. The van der Waals surface area contributed by atoms with Crippen molar-refractivity contribution in [2.24, 2.45) is 0 Å². The number of aliphatic carboxylic acids is 2. The minimum absolute atomic E-state index is 0. The van der Waals surface area contributed by atoms with Gasteiger partial charge in [-0.25, -0.2) is 9.97 Å². The van der Waals surface area contributed by atoms with E-state index >= 15 is 0 Å². The molecule has 0 aromatic carbocycles. The van der Waals surface area contributed by atoms with Crippen LogP contribution >= 0.6 is 0 Å². The Morgan fingerprint density at radius 2 is 1.24 bits per heavy atom. The number of aryl methyl sites for hydroxylation is 3. The second-order valence-corrected chi connectivity index (χ2v) is 10.6. The van der Waals surface area contributed by atoms with Crippen molar-refractivity contribution in [3.63, 3.8) is 0 Å². The summed E-state index contributed by atoms with van der Waals surface area (Å²) in [6.45, 7) is 11.0. The maximum absolute atomic E-state index is 11.5. The third-order valence-corrected chi connectivity index (χ3v) is 8.06. The van der Waals surface area contributed by atoms with Gasteiger partial charge in [-0.1, -0.05) is 60.2 Å². The van der Waals surface area contributed by atoms with Crippen molar-refractivity contribution in [1.82, 2.24) is 19.9 Å². The second kappa shape index (κ2) is 13.6. The van der Waals surface area contributed by atoms with Crippen LogP contribution in [0.2, 0.25) is 0 Å². The van der Waals surface area contributed by atoms with Gasteiger partial charge in [0.1, 0.15) is 0 Å². The summed E-state index contributed by atoms with van der Waals surface area (Å²) in [7, 11) is 0. The molecule has 5 heterocycles. The number of aromatic nitrogens is 4. The number of carboxylic acid groups (broad SMARTS) is 2. The summed E-state index contributed by atoms with van der Waals surface area (Å²) in [5.41, 5.74) is 9.48. The largest absolute Gasteiger partial charge is 2.00 e. The van der Waals surface area contributed by atoms with Crippen LogP contribution in [0.4, 0.5) is 0 Å². The van der Waals surface area contributed by atoms with E-state index < -0.39 is 11.9 Å². The van der Waals surface area contributed by atoms with Gasteiger partial charge in [0.2, 0.25) is 0 Å². The van der Waals surface area contributed by atoms with Crippen LogP contribution in [0, 0.1) is 6.92 Å². The number of rotatable bonds is 10. The van der Waals surface area contributed by atoms with Gasteiger partial charge in [0.25, 0.3) is 0 Å². The monoisotopic (exact) mass is 648 g/mol. The summed E-state index contributed by atoms with van der Waals surface area (Å²) in [6.07, 6.45) is 3.34. The number of fused-ring (bicyclic) bond motifs is 8. The van der Waals surface area contributed by atoms with Gasteiger partial charge in [-0.2, -0.15) is 0 Å².